The molecule has 168 valence electrons. The van der Waals surface area contributed by atoms with Gasteiger partial charge in [0.2, 0.25) is 0 Å². The lowest BCUT2D eigenvalue weighted by atomic mass is 9.67. The van der Waals surface area contributed by atoms with E-state index in [0.29, 0.717) is 40.6 Å². The maximum Gasteiger partial charge on any atom is 0.336 e. The van der Waals surface area contributed by atoms with Gasteiger partial charge in [-0.15, -0.1) is 0 Å². The number of carboxylic acid groups (broad SMARTS) is 1. The molecule has 6 rings (SSSR count). The van der Waals surface area contributed by atoms with E-state index in [1.165, 1.54) is 0 Å². The average Bonchev–Trinajstić information content (AvgIpc) is 3.09. The summed E-state index contributed by atoms with van der Waals surface area (Å²) < 4.78 is 18.0. The van der Waals surface area contributed by atoms with Gasteiger partial charge < -0.3 is 19.0 Å². The molecule has 1 saturated carbocycles. The summed E-state index contributed by atoms with van der Waals surface area (Å²) in [6, 6.07) is 13.2. The number of aromatic carboxylic acids is 1. The first-order valence-electron chi connectivity index (χ1n) is 11.4. The number of furan rings is 1. The predicted octanol–water partition coefficient (Wildman–Crippen LogP) is 5.91. The fraction of sp³-hybridized carbons (Fsp3) is 0.333. The molecule has 4 aromatic rings. The topological polar surface area (TPSA) is 81.8 Å². The van der Waals surface area contributed by atoms with Gasteiger partial charge in [-0.2, -0.15) is 0 Å². The maximum atomic E-state index is 12.3. The first-order valence-corrected chi connectivity index (χ1v) is 11.4. The van der Waals surface area contributed by atoms with Gasteiger partial charge in [0, 0.05) is 10.9 Å². The first-order chi connectivity index (χ1) is 15.9. The highest BCUT2D eigenvalue weighted by atomic mass is 16.5. The van der Waals surface area contributed by atoms with Gasteiger partial charge in [0.05, 0.1) is 35.3 Å². The quantitative estimate of drug-likeness (QED) is 0.413. The molecule has 0 radical (unpaired) electrons. The van der Waals surface area contributed by atoms with Gasteiger partial charge in [-0.05, 0) is 62.8 Å². The van der Waals surface area contributed by atoms with Crippen molar-refractivity contribution in [2.75, 3.05) is 13.2 Å². The lowest BCUT2D eigenvalue weighted by Gasteiger charge is -2.53. The van der Waals surface area contributed by atoms with E-state index in [9.17, 15) is 9.90 Å². The largest absolute Gasteiger partial charge is 0.493 e. The minimum atomic E-state index is -1.02. The normalized spacial score (nSPS) is 21.8. The Morgan fingerprint density at radius 1 is 1.21 bits per heavy atom. The molecule has 2 aliphatic rings. The zero-order chi connectivity index (χ0) is 22.7. The fourth-order valence-corrected chi connectivity index (χ4v) is 5.30. The molecule has 1 aliphatic heterocycles. The van der Waals surface area contributed by atoms with E-state index in [4.69, 9.17) is 18.9 Å². The summed E-state index contributed by atoms with van der Waals surface area (Å²) in [4.78, 5) is 17.2. The monoisotopic (exact) mass is 443 g/mol. The number of fused-ring (bicyclic) bond motifs is 2. The number of carboxylic acids is 1. The summed E-state index contributed by atoms with van der Waals surface area (Å²) in [7, 11) is 0. The molecule has 2 fully saturated rings. The van der Waals surface area contributed by atoms with Crippen LogP contribution in [-0.4, -0.2) is 34.9 Å². The number of aromatic nitrogens is 1. The number of hydrogen-bond donors (Lipinski definition) is 1. The van der Waals surface area contributed by atoms with Crippen LogP contribution in [0.1, 0.15) is 40.7 Å². The molecule has 2 aromatic carbocycles. The number of ether oxygens (including phenoxy) is 2. The average molecular weight is 443 g/mol. The smallest absolute Gasteiger partial charge is 0.336 e. The predicted molar refractivity (Wildman–Crippen MR) is 125 cm³/mol. The Kier molecular flexibility index (Phi) is 4.49. The third-order valence-electron chi connectivity index (χ3n) is 7.19. The summed E-state index contributed by atoms with van der Waals surface area (Å²) in [5, 5.41) is 11.6. The number of pyridine rings is 1. The Morgan fingerprint density at radius 2 is 2.00 bits per heavy atom. The van der Waals surface area contributed by atoms with Crippen molar-refractivity contribution in [2.24, 2.45) is 5.92 Å². The minimum absolute atomic E-state index is 0.0937. The number of carbonyl (C=O) groups is 1. The van der Waals surface area contributed by atoms with Gasteiger partial charge in [-0.25, -0.2) is 9.78 Å². The van der Waals surface area contributed by atoms with Crippen molar-refractivity contribution in [1.82, 2.24) is 4.98 Å². The third-order valence-corrected chi connectivity index (χ3v) is 7.19. The van der Waals surface area contributed by atoms with Gasteiger partial charge in [-0.1, -0.05) is 24.3 Å². The van der Waals surface area contributed by atoms with E-state index < -0.39 is 5.97 Å². The first kappa shape index (κ1) is 20.2. The van der Waals surface area contributed by atoms with Crippen LogP contribution in [0.3, 0.4) is 0 Å². The fourth-order valence-electron chi connectivity index (χ4n) is 5.30. The van der Waals surface area contributed by atoms with Crippen LogP contribution in [0.4, 0.5) is 0 Å². The molecule has 1 saturated heterocycles. The number of nitrogens with zero attached hydrogens (tertiary/aromatic N) is 1. The van der Waals surface area contributed by atoms with Crippen LogP contribution in [0.2, 0.25) is 0 Å². The third kappa shape index (κ3) is 3.20. The molecule has 6 heteroatoms. The van der Waals surface area contributed by atoms with Crippen LogP contribution in [-0.2, 0) is 4.74 Å². The molecule has 0 unspecified atom stereocenters. The zero-order valence-corrected chi connectivity index (χ0v) is 18.7. The summed E-state index contributed by atoms with van der Waals surface area (Å²) in [5.41, 5.74) is 3.98. The van der Waals surface area contributed by atoms with Crippen molar-refractivity contribution < 1.29 is 23.8 Å². The highest BCUT2D eigenvalue weighted by Gasteiger charge is 2.50. The molecule has 1 N–H and O–H groups in total. The van der Waals surface area contributed by atoms with Crippen molar-refractivity contribution in [3.05, 3.63) is 59.2 Å². The van der Waals surface area contributed by atoms with Crippen LogP contribution in [0.15, 0.2) is 46.9 Å². The highest BCUT2D eigenvalue weighted by Crippen LogP contribution is 2.48. The van der Waals surface area contributed by atoms with Crippen LogP contribution in [0, 0.1) is 19.8 Å². The minimum Gasteiger partial charge on any atom is -0.493 e. The molecule has 0 amide bonds. The van der Waals surface area contributed by atoms with Gasteiger partial charge in [0.25, 0.3) is 0 Å². The zero-order valence-electron chi connectivity index (χ0n) is 18.7. The summed E-state index contributed by atoms with van der Waals surface area (Å²) in [5.74, 6) is 0.564. The SMILES string of the molecule is Cc1c(-c2cc(C(=O)O)c3c(OC[C@H]4C[C@]5(CCO5)C4)ccc(C)c3n2)oc2ccccc12. The Bertz CT molecular complexity index is 1410. The highest BCUT2D eigenvalue weighted by molar-refractivity contribution is 6.07. The van der Waals surface area contributed by atoms with Crippen molar-refractivity contribution in [2.45, 2.75) is 38.7 Å². The molecule has 6 nitrogen and oxygen atoms in total. The molecule has 33 heavy (non-hydrogen) atoms. The Balaban J connectivity index is 1.41. The van der Waals surface area contributed by atoms with Crippen LogP contribution in [0.25, 0.3) is 33.3 Å². The summed E-state index contributed by atoms with van der Waals surface area (Å²) in [6.07, 6.45) is 3.15. The van der Waals surface area contributed by atoms with Gasteiger partial charge >= 0.3 is 5.97 Å². The van der Waals surface area contributed by atoms with E-state index in [1.54, 1.807) is 6.07 Å². The van der Waals surface area contributed by atoms with E-state index in [1.807, 2.05) is 50.2 Å². The van der Waals surface area contributed by atoms with Crippen molar-refractivity contribution in [1.29, 1.82) is 0 Å². The number of aryl methyl sites for hydroxylation is 2. The van der Waals surface area contributed by atoms with E-state index in [-0.39, 0.29) is 11.2 Å². The molecule has 1 aliphatic carbocycles. The lowest BCUT2D eigenvalue weighted by molar-refractivity contribution is -0.216. The molecule has 1 spiro atoms. The Morgan fingerprint density at radius 3 is 2.70 bits per heavy atom. The Labute approximate surface area is 191 Å². The van der Waals surface area contributed by atoms with Gasteiger partial charge in [0.1, 0.15) is 17.0 Å². The molecule has 0 bridgehead atoms. The van der Waals surface area contributed by atoms with Crippen molar-refractivity contribution in [3.63, 3.8) is 0 Å². The number of para-hydroxylation sites is 1. The van der Waals surface area contributed by atoms with Gasteiger partial charge in [-0.3, -0.25) is 0 Å². The van der Waals surface area contributed by atoms with Crippen LogP contribution >= 0.6 is 0 Å². The maximum absolute atomic E-state index is 12.3. The molecule has 2 aromatic heterocycles. The van der Waals surface area contributed by atoms with Crippen molar-refractivity contribution >= 4 is 27.8 Å². The standard InChI is InChI=1S/C27H25NO5/c1-15-7-8-22(31-14-17-12-27(13-17)9-10-32-27)23-19(26(29)30)11-20(28-24(15)23)25-16(2)18-5-3-4-6-21(18)33-25/h3-8,11,17H,9-10,12-14H2,1-2H3,(H,29,30)/t17-,27+. The molecular weight excluding hydrogens is 418 g/mol. The van der Waals surface area contributed by atoms with Gasteiger partial charge in [0.15, 0.2) is 5.76 Å². The lowest BCUT2D eigenvalue weighted by Crippen LogP contribution is -2.55. The number of rotatable bonds is 5. The molecule has 0 atom stereocenters. The van der Waals surface area contributed by atoms with Crippen molar-refractivity contribution in [3.8, 4) is 17.2 Å². The second-order valence-electron chi connectivity index (χ2n) is 9.38. The summed E-state index contributed by atoms with van der Waals surface area (Å²) >= 11 is 0. The van der Waals surface area contributed by atoms with Crippen LogP contribution < -0.4 is 4.74 Å². The molecule has 3 heterocycles. The number of hydrogen-bond acceptors (Lipinski definition) is 5. The number of benzene rings is 2. The van der Waals surface area contributed by atoms with Crippen LogP contribution in [0.5, 0.6) is 5.75 Å². The van der Waals surface area contributed by atoms with E-state index >= 15 is 0 Å². The molecular formula is C27H25NO5. The summed E-state index contributed by atoms with van der Waals surface area (Å²) in [6.45, 7) is 5.31. The second-order valence-corrected chi connectivity index (χ2v) is 9.38. The second kappa shape index (κ2) is 7.32. The van der Waals surface area contributed by atoms with E-state index in [0.717, 1.165) is 48.0 Å². The Hall–Kier alpha value is -3.38. The van der Waals surface area contributed by atoms with E-state index in [2.05, 4.69) is 0 Å².